The maximum atomic E-state index is 5.55. The second-order valence-corrected chi connectivity index (χ2v) is 13.4. The Bertz CT molecular complexity index is 2750. The number of para-hydroxylation sites is 3. The van der Waals surface area contributed by atoms with Crippen molar-refractivity contribution in [3.8, 4) is 5.69 Å². The van der Waals surface area contributed by atoms with Crippen LogP contribution in [0.3, 0.4) is 0 Å². The highest BCUT2D eigenvalue weighted by atomic mass is 15.3. The van der Waals surface area contributed by atoms with E-state index in [-0.39, 0.29) is 6.71 Å². The molecule has 7 heteroatoms. The minimum atomic E-state index is -0.435. The van der Waals surface area contributed by atoms with Gasteiger partial charge in [0.15, 0.2) is 0 Å². The van der Waals surface area contributed by atoms with Gasteiger partial charge < -0.3 is 14.5 Å². The molecule has 0 amide bonds. The van der Waals surface area contributed by atoms with Crippen molar-refractivity contribution in [2.45, 2.75) is 6.29 Å². The summed E-state index contributed by atoms with van der Waals surface area (Å²) in [6.45, 7) is -0.141. The predicted octanol–water partition coefficient (Wildman–Crippen LogP) is 7.32. The van der Waals surface area contributed by atoms with E-state index in [9.17, 15) is 0 Å². The second kappa shape index (κ2) is 12.6. The summed E-state index contributed by atoms with van der Waals surface area (Å²) in [5, 5.41) is 8.69. The van der Waals surface area contributed by atoms with Gasteiger partial charge in [0.1, 0.15) is 0 Å². The highest BCUT2D eigenvalue weighted by Crippen LogP contribution is 2.39. The molecule has 0 spiro atoms. The van der Waals surface area contributed by atoms with Gasteiger partial charge in [-0.25, -0.2) is 9.98 Å². The summed E-state index contributed by atoms with van der Waals surface area (Å²) < 4.78 is 4.77. The minimum Gasteiger partial charge on any atom is -0.343 e. The largest absolute Gasteiger partial charge is 0.343 e. The monoisotopic (exact) mass is 665 g/mol. The number of fused-ring (bicyclic) bond motifs is 6. The van der Waals surface area contributed by atoms with Crippen molar-refractivity contribution in [1.29, 1.82) is 0 Å². The van der Waals surface area contributed by atoms with E-state index in [1.165, 1.54) is 32.5 Å². The molecule has 1 unspecified atom stereocenters. The first kappa shape index (κ1) is 30.3. The quantitative estimate of drug-likeness (QED) is 0.178. The third-order valence-corrected chi connectivity index (χ3v) is 10.3. The molecule has 52 heavy (non-hydrogen) atoms. The average Bonchev–Trinajstić information content (AvgIpc) is 3.70. The van der Waals surface area contributed by atoms with Gasteiger partial charge in [-0.2, -0.15) is 0 Å². The third-order valence-electron chi connectivity index (χ3n) is 10.3. The molecule has 1 atom stereocenters. The summed E-state index contributed by atoms with van der Waals surface area (Å²) in [6, 6.07) is 64.7. The molecule has 5 nitrogen and oxygen atoms in total. The lowest BCUT2D eigenvalue weighted by Crippen LogP contribution is -2.52. The van der Waals surface area contributed by atoms with Gasteiger partial charge in [-0.3, -0.25) is 0 Å². The Balaban J connectivity index is 1.24. The number of aromatic nitrogens is 2. The van der Waals surface area contributed by atoms with Gasteiger partial charge in [-0.1, -0.05) is 162 Å². The van der Waals surface area contributed by atoms with Gasteiger partial charge >= 0.3 is 0 Å². The fourth-order valence-electron chi connectivity index (χ4n) is 8.01. The maximum Gasteiger partial charge on any atom is 0.289 e. The lowest BCUT2D eigenvalue weighted by molar-refractivity contribution is 0.520. The molecule has 1 aliphatic rings. The Hall–Kier alpha value is -6.59. The van der Waals surface area contributed by atoms with Crippen LogP contribution in [0, 0.1) is 0 Å². The fraction of sp³-hybridized carbons (Fsp3) is 0.0222. The molecule has 2 aromatic heterocycles. The van der Waals surface area contributed by atoms with Crippen molar-refractivity contribution in [3.63, 3.8) is 0 Å². The Morgan fingerprint density at radius 1 is 0.500 bits per heavy atom. The van der Waals surface area contributed by atoms with Gasteiger partial charge in [0.2, 0.25) is 13.6 Å². The molecular weight excluding hydrogens is 632 g/mol. The summed E-state index contributed by atoms with van der Waals surface area (Å²) >= 11 is 0. The first-order chi connectivity index (χ1) is 25.8. The van der Waals surface area contributed by atoms with E-state index in [1.807, 2.05) is 0 Å². The van der Waals surface area contributed by atoms with Gasteiger partial charge in [-0.15, -0.1) is 0 Å². The standard InChI is InChI=1S/C45H33B2N5/c1-5-17-31(18-6-1)46-43-48-44(47(32-19-7-2-8-20-32)33-21-9-3-10-22-33)50-45(49-43)52-40-28-16-14-26-36(40)38-29-37-35-25-13-15-27-39(35)51(41(37)30-42(38)52)34-23-11-4-12-24-34/h1-30,45-46H,(H,48,49,50). The summed E-state index contributed by atoms with van der Waals surface area (Å²) in [4.78, 5) is 10.9. The number of amidine groups is 2. The Morgan fingerprint density at radius 3 is 1.71 bits per heavy atom. The molecule has 0 bridgehead atoms. The molecule has 0 aliphatic carbocycles. The van der Waals surface area contributed by atoms with Crippen LogP contribution >= 0.6 is 0 Å². The normalized spacial score (nSPS) is 14.3. The molecular formula is C45H33B2N5. The molecule has 1 aliphatic heterocycles. The summed E-state index contributed by atoms with van der Waals surface area (Å²) in [5.41, 5.74) is 10.9. The number of rotatable bonds is 7. The zero-order valence-corrected chi connectivity index (χ0v) is 28.5. The van der Waals surface area contributed by atoms with Gasteiger partial charge in [0, 0.05) is 27.2 Å². The van der Waals surface area contributed by atoms with Crippen molar-refractivity contribution in [2.75, 3.05) is 0 Å². The van der Waals surface area contributed by atoms with Crippen LogP contribution in [0.15, 0.2) is 192 Å². The van der Waals surface area contributed by atoms with E-state index in [2.05, 4.69) is 196 Å². The van der Waals surface area contributed by atoms with E-state index in [0.717, 1.165) is 44.6 Å². The number of nitrogens with zero attached hydrogens (tertiary/aromatic N) is 4. The highest BCUT2D eigenvalue weighted by molar-refractivity contribution is 7.09. The first-order valence-corrected chi connectivity index (χ1v) is 17.9. The molecule has 0 radical (unpaired) electrons. The Labute approximate surface area is 302 Å². The number of aliphatic imine (C=N–C) groups is 2. The molecule has 0 saturated heterocycles. The number of nitrogens with one attached hydrogen (secondary N) is 1. The lowest BCUT2D eigenvalue weighted by Gasteiger charge is -2.28. The van der Waals surface area contributed by atoms with E-state index >= 15 is 0 Å². The van der Waals surface area contributed by atoms with Crippen LogP contribution in [0.25, 0.3) is 49.3 Å². The van der Waals surface area contributed by atoms with E-state index < -0.39 is 6.29 Å². The van der Waals surface area contributed by atoms with Gasteiger partial charge in [-0.05, 0) is 36.4 Å². The molecule has 0 saturated carbocycles. The number of hydrogen-bond donors (Lipinski definition) is 1. The van der Waals surface area contributed by atoms with Gasteiger partial charge in [0.05, 0.1) is 33.5 Å². The van der Waals surface area contributed by atoms with Crippen LogP contribution in [0.4, 0.5) is 0 Å². The smallest absolute Gasteiger partial charge is 0.289 e. The minimum absolute atomic E-state index is 0.141. The van der Waals surface area contributed by atoms with Crippen molar-refractivity contribution < 1.29 is 0 Å². The number of hydrogen-bond acceptors (Lipinski definition) is 3. The summed E-state index contributed by atoms with van der Waals surface area (Å²) in [6.07, 6.45) is -0.435. The fourth-order valence-corrected chi connectivity index (χ4v) is 8.01. The molecule has 0 fully saturated rings. The summed E-state index contributed by atoms with van der Waals surface area (Å²) in [5.74, 6) is 0. The van der Waals surface area contributed by atoms with Crippen LogP contribution in [-0.2, 0) is 0 Å². The molecule has 3 heterocycles. The first-order valence-electron chi connectivity index (χ1n) is 17.9. The zero-order chi connectivity index (χ0) is 34.4. The van der Waals surface area contributed by atoms with E-state index in [0.29, 0.717) is 7.28 Å². The van der Waals surface area contributed by atoms with Crippen LogP contribution in [0.1, 0.15) is 6.29 Å². The van der Waals surface area contributed by atoms with Crippen molar-refractivity contribution in [3.05, 3.63) is 182 Å². The van der Waals surface area contributed by atoms with Crippen molar-refractivity contribution in [2.24, 2.45) is 9.98 Å². The topological polar surface area (TPSA) is 46.6 Å². The molecule has 244 valence electrons. The summed E-state index contributed by atoms with van der Waals surface area (Å²) in [7, 11) is 0.663. The van der Waals surface area contributed by atoms with Crippen LogP contribution in [-0.4, -0.2) is 34.6 Å². The molecule has 10 rings (SSSR count). The highest BCUT2D eigenvalue weighted by Gasteiger charge is 2.32. The average molecular weight is 665 g/mol. The predicted molar refractivity (Wildman–Crippen MR) is 222 cm³/mol. The SMILES string of the molecule is B(C1=NC(B(c2ccccc2)c2ccccc2)=NC(n2c3ccccc3c3cc4c5ccccc5n(-c5ccccc5)c4cc32)N1)c1ccccc1. The van der Waals surface area contributed by atoms with Crippen molar-refractivity contribution >= 4 is 85.5 Å². The molecule has 1 N–H and O–H groups in total. The number of benzene rings is 7. The van der Waals surface area contributed by atoms with Gasteiger partial charge in [0.25, 0.3) is 6.71 Å². The second-order valence-electron chi connectivity index (χ2n) is 13.4. The van der Waals surface area contributed by atoms with Crippen LogP contribution in [0.2, 0.25) is 0 Å². The van der Waals surface area contributed by atoms with Crippen molar-refractivity contribution in [1.82, 2.24) is 14.5 Å². The molecule has 9 aromatic rings. The third kappa shape index (κ3) is 5.13. The van der Waals surface area contributed by atoms with Crippen LogP contribution in [0.5, 0.6) is 0 Å². The Kier molecular flexibility index (Phi) is 7.35. The van der Waals surface area contributed by atoms with Crippen LogP contribution < -0.4 is 21.7 Å². The zero-order valence-electron chi connectivity index (χ0n) is 28.5. The Morgan fingerprint density at radius 2 is 1.04 bits per heavy atom. The van der Waals surface area contributed by atoms with E-state index in [1.54, 1.807) is 0 Å². The lowest BCUT2D eigenvalue weighted by atomic mass is 9.39. The maximum absolute atomic E-state index is 5.55. The molecule has 7 aromatic carbocycles. The van der Waals surface area contributed by atoms with E-state index in [4.69, 9.17) is 9.98 Å².